The van der Waals surface area contributed by atoms with E-state index in [1.54, 1.807) is 14.2 Å². The van der Waals surface area contributed by atoms with Crippen molar-refractivity contribution in [1.82, 2.24) is 0 Å². The average molecular weight is 543 g/mol. The molecule has 200 valence electrons. The van der Waals surface area contributed by atoms with E-state index in [4.69, 9.17) is 18.9 Å². The number of methoxy groups -OCH3 is 4. The van der Waals surface area contributed by atoms with Crippen LogP contribution in [0.1, 0.15) is 71.9 Å². The van der Waals surface area contributed by atoms with E-state index in [1.165, 1.54) is 36.5 Å². The first-order chi connectivity index (χ1) is 16.3. The number of hydrogen-bond acceptors (Lipinski definition) is 6. The summed E-state index contributed by atoms with van der Waals surface area (Å²) in [5.41, 5.74) is 13.0. The number of carbonyl (C=O) groups excluding carboxylic acids is 2. The molecule has 10 heteroatoms. The molecule has 6 N–H and O–H groups in total. The summed E-state index contributed by atoms with van der Waals surface area (Å²) < 4.78 is 19.9. The van der Waals surface area contributed by atoms with E-state index in [0.717, 1.165) is 24.3 Å². The van der Waals surface area contributed by atoms with Crippen LogP contribution in [-0.2, 0) is 19.1 Å². The molecule has 0 amide bonds. The molecule has 2 aromatic rings. The molecule has 2 aliphatic carbocycles. The summed E-state index contributed by atoms with van der Waals surface area (Å²) in [5, 5.41) is 0. The van der Waals surface area contributed by atoms with Crippen LogP contribution < -0.4 is 45.8 Å². The predicted octanol–water partition coefficient (Wildman–Crippen LogP) is -3.93. The van der Waals surface area contributed by atoms with E-state index in [0.29, 0.717) is 12.8 Å². The fraction of sp³-hybridized carbons (Fsp3) is 0.462. The third-order valence-electron chi connectivity index (χ3n) is 6.77. The maximum atomic E-state index is 11.4. The molecule has 0 saturated heterocycles. The standard InChI is InChI=1S/2C13H17NO3.2ClH/c2*1-16-9-3-4-10-11(7-9)8(5-12(10)14)6-13(15)17-2;;/h2*3-4,7-8,12H,5-6,14H2,1-2H3;2*1H. The van der Waals surface area contributed by atoms with E-state index < -0.39 is 0 Å². The van der Waals surface area contributed by atoms with Gasteiger partial charge < -0.3 is 55.2 Å². The van der Waals surface area contributed by atoms with Gasteiger partial charge in [0.05, 0.1) is 41.3 Å². The number of ether oxygens (including phenoxy) is 4. The van der Waals surface area contributed by atoms with Crippen LogP contribution >= 0.6 is 0 Å². The van der Waals surface area contributed by atoms with Gasteiger partial charge in [0.25, 0.3) is 0 Å². The van der Waals surface area contributed by atoms with Gasteiger partial charge in [0.15, 0.2) is 0 Å². The van der Waals surface area contributed by atoms with Crippen LogP contribution in [0.3, 0.4) is 0 Å². The Morgan fingerprint density at radius 1 is 0.694 bits per heavy atom. The van der Waals surface area contributed by atoms with E-state index in [9.17, 15) is 9.59 Å². The zero-order valence-electron chi connectivity index (χ0n) is 21.2. The normalized spacial score (nSPS) is 20.8. The zero-order valence-corrected chi connectivity index (χ0v) is 22.7. The Morgan fingerprint density at radius 2 is 1.06 bits per heavy atom. The molecule has 2 aromatic carbocycles. The molecule has 4 rings (SSSR count). The molecule has 0 spiro atoms. The molecule has 8 nitrogen and oxygen atoms in total. The summed E-state index contributed by atoms with van der Waals surface area (Å²) in [6.07, 6.45) is 2.64. The average Bonchev–Trinajstić information content (AvgIpc) is 3.33. The zero-order chi connectivity index (χ0) is 24.8. The Hall–Kier alpha value is -2.52. The first-order valence-electron chi connectivity index (χ1n) is 11.5. The molecule has 2 aliphatic rings. The highest BCUT2D eigenvalue weighted by atomic mass is 35.5. The van der Waals surface area contributed by atoms with Gasteiger partial charge in [0.1, 0.15) is 23.6 Å². The van der Waals surface area contributed by atoms with Gasteiger partial charge in [-0.1, -0.05) is 0 Å². The van der Waals surface area contributed by atoms with E-state index in [2.05, 4.69) is 11.5 Å². The van der Waals surface area contributed by atoms with Crippen LogP contribution in [0.15, 0.2) is 36.4 Å². The van der Waals surface area contributed by atoms with Gasteiger partial charge in [-0.2, -0.15) is 0 Å². The summed E-state index contributed by atoms with van der Waals surface area (Å²) in [6.45, 7) is 0. The highest BCUT2D eigenvalue weighted by Gasteiger charge is 2.34. The number of esters is 2. The molecule has 0 fully saturated rings. The smallest absolute Gasteiger partial charge is 0.306 e. The second kappa shape index (κ2) is 14.3. The Kier molecular flexibility index (Phi) is 12.5. The summed E-state index contributed by atoms with van der Waals surface area (Å²) in [6, 6.07) is 12.5. The monoisotopic (exact) mass is 542 g/mol. The predicted molar refractivity (Wildman–Crippen MR) is 125 cm³/mol. The maximum absolute atomic E-state index is 11.4. The van der Waals surface area contributed by atoms with E-state index in [1.807, 2.05) is 36.4 Å². The van der Waals surface area contributed by atoms with Crippen molar-refractivity contribution < 1.29 is 64.8 Å². The van der Waals surface area contributed by atoms with Gasteiger partial charge in [-0.15, -0.1) is 0 Å². The van der Waals surface area contributed by atoms with E-state index in [-0.39, 0.29) is 60.7 Å². The van der Waals surface area contributed by atoms with Crippen molar-refractivity contribution >= 4 is 11.9 Å². The highest BCUT2D eigenvalue weighted by Crippen LogP contribution is 2.42. The second-order valence-electron chi connectivity index (χ2n) is 8.81. The topological polar surface area (TPSA) is 126 Å². The lowest BCUT2D eigenvalue weighted by Gasteiger charge is -2.10. The third kappa shape index (κ3) is 7.26. The van der Waals surface area contributed by atoms with Crippen LogP contribution in [0.5, 0.6) is 11.5 Å². The molecule has 36 heavy (non-hydrogen) atoms. The van der Waals surface area contributed by atoms with Crippen molar-refractivity contribution in [3.63, 3.8) is 0 Å². The fourth-order valence-corrected chi connectivity index (χ4v) is 4.96. The summed E-state index contributed by atoms with van der Waals surface area (Å²) >= 11 is 0. The van der Waals surface area contributed by atoms with Gasteiger partial charge >= 0.3 is 11.9 Å². The molecule has 0 bridgehead atoms. The van der Waals surface area contributed by atoms with Gasteiger partial charge in [0, 0.05) is 35.8 Å². The summed E-state index contributed by atoms with van der Waals surface area (Å²) in [5.74, 6) is 1.72. The third-order valence-corrected chi connectivity index (χ3v) is 6.77. The number of benzene rings is 2. The van der Waals surface area contributed by atoms with Crippen molar-refractivity contribution in [3.05, 3.63) is 58.7 Å². The van der Waals surface area contributed by atoms with E-state index >= 15 is 0 Å². The first kappa shape index (κ1) is 31.5. The van der Waals surface area contributed by atoms with Gasteiger partial charge in [-0.3, -0.25) is 9.59 Å². The van der Waals surface area contributed by atoms with Crippen LogP contribution in [0.4, 0.5) is 0 Å². The molecule has 4 unspecified atom stereocenters. The maximum Gasteiger partial charge on any atom is 0.306 e. The van der Waals surface area contributed by atoms with Gasteiger partial charge in [0.2, 0.25) is 0 Å². The van der Waals surface area contributed by atoms with Crippen molar-refractivity contribution in [2.75, 3.05) is 28.4 Å². The number of fused-ring (bicyclic) bond motifs is 2. The number of halogens is 2. The number of carbonyl (C=O) groups is 2. The molecule has 0 aromatic heterocycles. The molecule has 0 radical (unpaired) electrons. The highest BCUT2D eigenvalue weighted by molar-refractivity contribution is 5.71. The fourth-order valence-electron chi connectivity index (χ4n) is 4.96. The minimum absolute atomic E-state index is 0. The lowest BCUT2D eigenvalue weighted by Crippen LogP contribution is -3.00. The number of quaternary nitrogens is 2. The Bertz CT molecular complexity index is 954. The van der Waals surface area contributed by atoms with Crippen LogP contribution in [0.25, 0.3) is 0 Å². The van der Waals surface area contributed by atoms with Gasteiger partial charge in [-0.25, -0.2) is 0 Å². The molecule has 0 heterocycles. The number of rotatable bonds is 6. The minimum atomic E-state index is -0.169. The van der Waals surface area contributed by atoms with Crippen molar-refractivity contribution in [1.29, 1.82) is 0 Å². The number of hydrogen-bond donors (Lipinski definition) is 2. The lowest BCUT2D eigenvalue weighted by molar-refractivity contribution is -0.426. The quantitative estimate of drug-likeness (QED) is 0.359. The molecule has 4 atom stereocenters. The first-order valence-corrected chi connectivity index (χ1v) is 11.5. The molecular weight excluding hydrogens is 507 g/mol. The van der Waals surface area contributed by atoms with Crippen LogP contribution in [0, 0.1) is 0 Å². The Labute approximate surface area is 224 Å². The van der Waals surface area contributed by atoms with Crippen LogP contribution in [-0.4, -0.2) is 40.4 Å². The van der Waals surface area contributed by atoms with Crippen molar-refractivity contribution in [2.24, 2.45) is 0 Å². The second-order valence-corrected chi connectivity index (χ2v) is 8.81. The lowest BCUT2D eigenvalue weighted by atomic mass is 9.98. The Balaban J connectivity index is 0.000000341. The largest absolute Gasteiger partial charge is 1.00 e. The molecule has 0 aliphatic heterocycles. The summed E-state index contributed by atoms with van der Waals surface area (Å²) in [7, 11) is 6.14. The molecular formula is C26H36Cl2N2O6. The van der Waals surface area contributed by atoms with Crippen molar-refractivity contribution in [2.45, 2.75) is 49.6 Å². The van der Waals surface area contributed by atoms with Gasteiger partial charge in [-0.05, 0) is 47.5 Å². The summed E-state index contributed by atoms with van der Waals surface area (Å²) in [4.78, 5) is 22.7. The van der Waals surface area contributed by atoms with Crippen LogP contribution in [0.2, 0.25) is 0 Å². The molecule has 0 saturated carbocycles. The Morgan fingerprint density at radius 3 is 1.36 bits per heavy atom. The SMILES string of the molecule is COC(=O)CC1CC([NH3+])c2ccc(OC)cc21.COC(=O)CC1CC([NH3+])c2ccc(OC)cc21.[Cl-].[Cl-]. The minimum Gasteiger partial charge on any atom is -1.00 e. The van der Waals surface area contributed by atoms with Crippen molar-refractivity contribution in [3.8, 4) is 11.5 Å².